The molecule has 29 heavy (non-hydrogen) atoms. The summed E-state index contributed by atoms with van der Waals surface area (Å²) in [6.07, 6.45) is 7.29. The summed E-state index contributed by atoms with van der Waals surface area (Å²) >= 11 is 0. The van der Waals surface area contributed by atoms with Crippen molar-refractivity contribution in [1.29, 1.82) is 0 Å². The molecule has 7 heteroatoms. The Morgan fingerprint density at radius 2 is 1.86 bits per heavy atom. The quantitative estimate of drug-likeness (QED) is 0.721. The number of nitrogens with zero attached hydrogens (tertiary/aromatic N) is 3. The van der Waals surface area contributed by atoms with Crippen LogP contribution in [-0.4, -0.2) is 53.9 Å². The monoisotopic (exact) mass is 421 g/mol. The van der Waals surface area contributed by atoms with Crippen molar-refractivity contribution in [3.05, 3.63) is 24.7 Å². The average molecular weight is 422 g/mol. The van der Waals surface area contributed by atoms with Gasteiger partial charge in [-0.1, -0.05) is 6.92 Å². The van der Waals surface area contributed by atoms with Gasteiger partial charge in [-0.25, -0.2) is 4.98 Å². The van der Waals surface area contributed by atoms with Crippen LogP contribution in [0, 0.1) is 5.92 Å². The molecule has 2 aromatic rings. The molecule has 1 unspecified atom stereocenters. The van der Waals surface area contributed by atoms with Crippen molar-refractivity contribution in [2.45, 2.75) is 45.7 Å². The van der Waals surface area contributed by atoms with E-state index in [0.29, 0.717) is 19.3 Å². The van der Waals surface area contributed by atoms with Gasteiger partial charge in [0.1, 0.15) is 5.75 Å². The molecule has 0 amide bonds. The van der Waals surface area contributed by atoms with Crippen LogP contribution in [0.5, 0.6) is 17.2 Å². The lowest BCUT2D eigenvalue weighted by molar-refractivity contribution is 0.135. The Bertz CT molecular complexity index is 803. The fraction of sp³-hybridized carbons (Fsp3) is 0.591. The molecule has 1 atom stereocenters. The zero-order valence-corrected chi connectivity index (χ0v) is 18.4. The Morgan fingerprint density at radius 3 is 2.55 bits per heavy atom. The van der Waals surface area contributed by atoms with E-state index in [1.807, 2.05) is 24.7 Å². The number of methoxy groups -OCH3 is 1. The predicted octanol–water partition coefficient (Wildman–Crippen LogP) is 4.26. The predicted molar refractivity (Wildman–Crippen MR) is 117 cm³/mol. The van der Waals surface area contributed by atoms with Crippen LogP contribution in [0.15, 0.2) is 24.7 Å². The zero-order chi connectivity index (χ0) is 19.5. The van der Waals surface area contributed by atoms with Crippen molar-refractivity contribution in [2.24, 2.45) is 5.92 Å². The highest BCUT2D eigenvalue weighted by Crippen LogP contribution is 2.41. The second-order valence-corrected chi connectivity index (χ2v) is 8.05. The first-order valence-corrected chi connectivity index (χ1v) is 10.4. The molecule has 2 aliphatic rings. The van der Waals surface area contributed by atoms with E-state index in [1.165, 1.54) is 25.9 Å². The van der Waals surface area contributed by atoms with Gasteiger partial charge >= 0.3 is 0 Å². The SMILES string of the molecule is COc1cc2c(cc1-c1cncn1CC(C)N1CCC(C)CC1)OCCCO2.Cl. The van der Waals surface area contributed by atoms with Gasteiger partial charge in [0.2, 0.25) is 0 Å². The summed E-state index contributed by atoms with van der Waals surface area (Å²) in [5.74, 6) is 3.16. The summed E-state index contributed by atoms with van der Waals surface area (Å²) in [5, 5.41) is 0. The minimum absolute atomic E-state index is 0. The number of hydrogen-bond acceptors (Lipinski definition) is 5. The molecule has 1 fully saturated rings. The molecule has 0 aliphatic carbocycles. The van der Waals surface area contributed by atoms with E-state index in [4.69, 9.17) is 14.2 Å². The molecule has 2 aliphatic heterocycles. The van der Waals surface area contributed by atoms with E-state index in [9.17, 15) is 0 Å². The smallest absolute Gasteiger partial charge is 0.164 e. The van der Waals surface area contributed by atoms with Crippen molar-refractivity contribution in [3.63, 3.8) is 0 Å². The highest BCUT2D eigenvalue weighted by Gasteiger charge is 2.23. The standard InChI is InChI=1S/C22H31N3O3.ClH/c1-16-5-7-24(8-6-16)17(2)14-25-15-23-13-19(25)18-11-21-22(12-20(18)26-3)28-10-4-9-27-21;/h11-13,15-17H,4-10,14H2,1-3H3;1H. The molecule has 0 radical (unpaired) electrons. The minimum atomic E-state index is 0. The van der Waals surface area contributed by atoms with E-state index in [0.717, 1.165) is 47.4 Å². The molecule has 1 aromatic heterocycles. The molecule has 160 valence electrons. The Labute approximate surface area is 179 Å². The Hall–Kier alpha value is -1.92. The second-order valence-electron chi connectivity index (χ2n) is 8.05. The highest BCUT2D eigenvalue weighted by atomic mass is 35.5. The summed E-state index contributed by atoms with van der Waals surface area (Å²) in [7, 11) is 1.70. The molecular weight excluding hydrogens is 390 g/mol. The van der Waals surface area contributed by atoms with E-state index in [2.05, 4.69) is 28.3 Å². The van der Waals surface area contributed by atoms with E-state index < -0.39 is 0 Å². The van der Waals surface area contributed by atoms with Crippen LogP contribution in [-0.2, 0) is 6.54 Å². The van der Waals surface area contributed by atoms with Crippen LogP contribution >= 0.6 is 12.4 Å². The lowest BCUT2D eigenvalue weighted by atomic mass is 9.98. The average Bonchev–Trinajstić information content (AvgIpc) is 3.03. The molecule has 1 saturated heterocycles. The number of likely N-dealkylation sites (tertiary alicyclic amines) is 1. The van der Waals surface area contributed by atoms with Gasteiger partial charge in [0.05, 0.1) is 38.5 Å². The zero-order valence-electron chi connectivity index (χ0n) is 17.6. The van der Waals surface area contributed by atoms with Crippen molar-refractivity contribution >= 4 is 12.4 Å². The van der Waals surface area contributed by atoms with Gasteiger partial charge in [0.25, 0.3) is 0 Å². The number of benzene rings is 1. The molecule has 0 N–H and O–H groups in total. The first-order chi connectivity index (χ1) is 13.7. The molecule has 0 bridgehead atoms. The number of rotatable bonds is 5. The van der Waals surface area contributed by atoms with E-state index in [-0.39, 0.29) is 12.4 Å². The van der Waals surface area contributed by atoms with Gasteiger partial charge in [-0.2, -0.15) is 0 Å². The number of aromatic nitrogens is 2. The van der Waals surface area contributed by atoms with Gasteiger partial charge in [0, 0.05) is 30.6 Å². The molecular formula is C22H32ClN3O3. The number of halogens is 1. The molecule has 4 rings (SSSR count). The maximum atomic E-state index is 5.89. The van der Waals surface area contributed by atoms with E-state index >= 15 is 0 Å². The molecule has 3 heterocycles. The Balaban J connectivity index is 0.00000240. The number of imidazole rings is 1. The number of ether oxygens (including phenoxy) is 3. The van der Waals surface area contributed by atoms with Gasteiger partial charge in [0.15, 0.2) is 11.5 Å². The summed E-state index contributed by atoms with van der Waals surface area (Å²) in [6.45, 7) is 9.26. The third-order valence-corrected chi connectivity index (χ3v) is 5.96. The Morgan fingerprint density at radius 1 is 1.17 bits per heavy atom. The second kappa shape index (κ2) is 9.72. The fourth-order valence-electron chi connectivity index (χ4n) is 4.12. The van der Waals surface area contributed by atoms with Gasteiger partial charge < -0.3 is 18.8 Å². The summed E-state index contributed by atoms with van der Waals surface area (Å²) in [6, 6.07) is 4.43. The third-order valence-electron chi connectivity index (χ3n) is 5.96. The lowest BCUT2D eigenvalue weighted by Gasteiger charge is -2.35. The summed E-state index contributed by atoms with van der Waals surface area (Å²) < 4.78 is 19.6. The fourth-order valence-corrected chi connectivity index (χ4v) is 4.12. The van der Waals surface area contributed by atoms with Crippen LogP contribution in [0.2, 0.25) is 0 Å². The van der Waals surface area contributed by atoms with Gasteiger partial charge in [-0.05, 0) is 44.8 Å². The van der Waals surface area contributed by atoms with Crippen LogP contribution in [0.4, 0.5) is 0 Å². The normalized spacial score (nSPS) is 18.6. The van der Waals surface area contributed by atoms with Gasteiger partial charge in [-0.15, -0.1) is 12.4 Å². The van der Waals surface area contributed by atoms with Crippen LogP contribution in [0.25, 0.3) is 11.3 Å². The van der Waals surface area contributed by atoms with Crippen LogP contribution in [0.3, 0.4) is 0 Å². The number of fused-ring (bicyclic) bond motifs is 1. The number of hydrogen-bond donors (Lipinski definition) is 0. The van der Waals surface area contributed by atoms with Crippen molar-refractivity contribution in [1.82, 2.24) is 14.5 Å². The molecule has 0 saturated carbocycles. The third kappa shape index (κ3) is 4.81. The van der Waals surface area contributed by atoms with E-state index in [1.54, 1.807) is 7.11 Å². The minimum Gasteiger partial charge on any atom is -0.496 e. The first-order valence-electron chi connectivity index (χ1n) is 10.4. The summed E-state index contributed by atoms with van der Waals surface area (Å²) in [4.78, 5) is 7.02. The molecule has 1 aromatic carbocycles. The molecule has 6 nitrogen and oxygen atoms in total. The van der Waals surface area contributed by atoms with Crippen molar-refractivity contribution < 1.29 is 14.2 Å². The molecule has 0 spiro atoms. The number of piperidine rings is 1. The maximum Gasteiger partial charge on any atom is 0.164 e. The lowest BCUT2D eigenvalue weighted by Crippen LogP contribution is -2.41. The van der Waals surface area contributed by atoms with Gasteiger partial charge in [-0.3, -0.25) is 4.90 Å². The Kier molecular flexibility index (Phi) is 7.30. The van der Waals surface area contributed by atoms with Crippen molar-refractivity contribution in [2.75, 3.05) is 33.4 Å². The highest BCUT2D eigenvalue weighted by molar-refractivity contribution is 5.85. The first kappa shape index (κ1) is 21.8. The van der Waals surface area contributed by atoms with Crippen LogP contribution < -0.4 is 14.2 Å². The van der Waals surface area contributed by atoms with Crippen LogP contribution in [0.1, 0.15) is 33.1 Å². The topological polar surface area (TPSA) is 48.8 Å². The maximum absolute atomic E-state index is 5.89. The largest absolute Gasteiger partial charge is 0.496 e. The summed E-state index contributed by atoms with van der Waals surface area (Å²) in [5.41, 5.74) is 2.04. The van der Waals surface area contributed by atoms with Crippen molar-refractivity contribution in [3.8, 4) is 28.5 Å².